The number of alkyl halides is 1. The predicted molar refractivity (Wildman–Crippen MR) is 87.8 cm³/mol. The molecule has 0 aliphatic carbocycles. The zero-order chi connectivity index (χ0) is 15.6. The van der Waals surface area contributed by atoms with Crippen molar-refractivity contribution < 1.29 is 8.42 Å². The average Bonchev–Trinajstić information content (AvgIpc) is 2.47. The van der Waals surface area contributed by atoms with Crippen LogP contribution in [-0.4, -0.2) is 15.5 Å². The predicted octanol–water partition coefficient (Wildman–Crippen LogP) is 4.21. The van der Waals surface area contributed by atoms with E-state index in [4.69, 9.17) is 23.2 Å². The van der Waals surface area contributed by atoms with Crippen molar-refractivity contribution in [3.8, 4) is 0 Å². The molecule has 0 fully saturated rings. The second-order valence-electron chi connectivity index (χ2n) is 4.65. The molecule has 0 saturated carbocycles. The van der Waals surface area contributed by atoms with Gasteiger partial charge in [-0.1, -0.05) is 35.9 Å². The largest absolute Gasteiger partial charge is 0.269 e. The number of para-hydroxylation sites is 1. The van der Waals surface area contributed by atoms with Crippen LogP contribution in [0, 0.1) is 6.92 Å². The van der Waals surface area contributed by atoms with Crippen molar-refractivity contribution in [2.24, 2.45) is 0 Å². The van der Waals surface area contributed by atoms with Crippen LogP contribution in [0.1, 0.15) is 11.1 Å². The van der Waals surface area contributed by atoms with Crippen molar-refractivity contribution in [2.45, 2.75) is 17.7 Å². The van der Waals surface area contributed by atoms with E-state index < -0.39 is 10.0 Å². The van der Waals surface area contributed by atoms with Gasteiger partial charge in [-0.3, -0.25) is 4.31 Å². The Balaban J connectivity index is 2.47. The summed E-state index contributed by atoms with van der Waals surface area (Å²) >= 11 is 11.8. The van der Waals surface area contributed by atoms with E-state index in [2.05, 4.69) is 0 Å². The molecule has 0 radical (unpaired) electrons. The summed E-state index contributed by atoms with van der Waals surface area (Å²) in [5, 5.41) is 0.351. The molecule has 0 heterocycles. The van der Waals surface area contributed by atoms with Crippen molar-refractivity contribution in [3.05, 3.63) is 58.6 Å². The first-order valence-corrected chi connectivity index (χ1v) is 8.62. The van der Waals surface area contributed by atoms with Crippen molar-refractivity contribution in [1.82, 2.24) is 0 Å². The first kappa shape index (κ1) is 16.1. The van der Waals surface area contributed by atoms with Gasteiger partial charge in [-0.2, -0.15) is 0 Å². The number of halogens is 2. The Kier molecular flexibility index (Phi) is 4.81. The molecule has 0 amide bonds. The topological polar surface area (TPSA) is 37.4 Å². The third-order valence-corrected chi connectivity index (χ3v) is 5.69. The molecule has 0 aromatic heterocycles. The molecule has 2 rings (SSSR count). The lowest BCUT2D eigenvalue weighted by atomic mass is 10.2. The Bertz CT molecular complexity index is 760. The Labute approximate surface area is 135 Å². The number of sulfonamides is 1. The first-order valence-electron chi connectivity index (χ1n) is 6.27. The third kappa shape index (κ3) is 3.18. The van der Waals surface area contributed by atoms with Crippen molar-refractivity contribution in [1.29, 1.82) is 0 Å². The average molecular weight is 344 g/mol. The molecular weight excluding hydrogens is 329 g/mol. The van der Waals surface area contributed by atoms with Crippen LogP contribution in [0.3, 0.4) is 0 Å². The van der Waals surface area contributed by atoms with Gasteiger partial charge in [0.1, 0.15) is 0 Å². The van der Waals surface area contributed by atoms with Gasteiger partial charge in [0.2, 0.25) is 0 Å². The molecule has 2 aromatic rings. The Morgan fingerprint density at radius 1 is 1.14 bits per heavy atom. The van der Waals surface area contributed by atoms with Crippen LogP contribution in [0.4, 0.5) is 5.69 Å². The summed E-state index contributed by atoms with van der Waals surface area (Å²) in [5.41, 5.74) is 2.22. The van der Waals surface area contributed by atoms with Crippen LogP contribution in [0.25, 0.3) is 0 Å². The van der Waals surface area contributed by atoms with Gasteiger partial charge in [-0.25, -0.2) is 8.42 Å². The van der Waals surface area contributed by atoms with Gasteiger partial charge < -0.3 is 0 Å². The van der Waals surface area contributed by atoms with E-state index >= 15 is 0 Å². The molecule has 0 aliphatic rings. The zero-order valence-electron chi connectivity index (χ0n) is 11.7. The number of rotatable bonds is 4. The molecule has 2 aromatic carbocycles. The fourth-order valence-electron chi connectivity index (χ4n) is 2.00. The molecule has 6 heteroatoms. The van der Waals surface area contributed by atoms with Crippen molar-refractivity contribution >= 4 is 38.9 Å². The fraction of sp³-hybridized carbons (Fsp3) is 0.200. The number of anilines is 1. The molecule has 0 unspecified atom stereocenters. The molecule has 0 atom stereocenters. The van der Waals surface area contributed by atoms with Gasteiger partial charge in [0, 0.05) is 18.0 Å². The summed E-state index contributed by atoms with van der Waals surface area (Å²) in [7, 11) is -2.13. The van der Waals surface area contributed by atoms with Crippen LogP contribution >= 0.6 is 23.2 Å². The van der Waals surface area contributed by atoms with Gasteiger partial charge in [0.05, 0.1) is 10.6 Å². The Hall–Kier alpha value is -1.23. The quantitative estimate of drug-likeness (QED) is 0.779. The highest BCUT2D eigenvalue weighted by Gasteiger charge is 2.23. The monoisotopic (exact) mass is 343 g/mol. The lowest BCUT2D eigenvalue weighted by molar-refractivity contribution is 0.594. The zero-order valence-corrected chi connectivity index (χ0v) is 14.0. The number of aryl methyl sites for hydroxylation is 1. The molecule has 112 valence electrons. The van der Waals surface area contributed by atoms with E-state index in [0.717, 1.165) is 5.56 Å². The summed E-state index contributed by atoms with van der Waals surface area (Å²) < 4.78 is 26.6. The minimum atomic E-state index is -3.66. The third-order valence-electron chi connectivity index (χ3n) is 3.28. The maximum atomic E-state index is 12.7. The van der Waals surface area contributed by atoms with Gasteiger partial charge in [0.25, 0.3) is 10.0 Å². The van der Waals surface area contributed by atoms with E-state index in [1.165, 1.54) is 23.5 Å². The Morgan fingerprint density at radius 3 is 2.38 bits per heavy atom. The minimum Gasteiger partial charge on any atom is -0.269 e. The number of hydrogen-bond donors (Lipinski definition) is 0. The highest BCUT2D eigenvalue weighted by atomic mass is 35.5. The van der Waals surface area contributed by atoms with Crippen LogP contribution < -0.4 is 4.31 Å². The van der Waals surface area contributed by atoms with Crippen molar-refractivity contribution in [3.63, 3.8) is 0 Å². The molecule has 0 saturated heterocycles. The van der Waals surface area contributed by atoms with E-state index in [0.29, 0.717) is 16.3 Å². The number of benzene rings is 2. The summed E-state index contributed by atoms with van der Waals surface area (Å²) in [6.45, 7) is 1.87. The van der Waals surface area contributed by atoms with E-state index in [1.807, 2.05) is 19.1 Å². The minimum absolute atomic E-state index is 0.145. The normalized spacial score (nSPS) is 11.4. The van der Waals surface area contributed by atoms with E-state index in [1.54, 1.807) is 18.2 Å². The number of nitrogens with zero attached hydrogens (tertiary/aromatic N) is 1. The summed E-state index contributed by atoms with van der Waals surface area (Å²) in [5.74, 6) is 0.243. The van der Waals surface area contributed by atoms with Gasteiger partial charge >= 0.3 is 0 Å². The summed E-state index contributed by atoms with van der Waals surface area (Å²) in [6, 6.07) is 11.9. The van der Waals surface area contributed by atoms with Gasteiger partial charge in [0.15, 0.2) is 0 Å². The fourth-order valence-corrected chi connectivity index (χ4v) is 3.90. The molecule has 0 N–H and O–H groups in total. The Morgan fingerprint density at radius 2 is 1.81 bits per heavy atom. The molecule has 3 nitrogen and oxygen atoms in total. The molecular formula is C15H15Cl2NO2S. The smallest absolute Gasteiger partial charge is 0.264 e. The lowest BCUT2D eigenvalue weighted by Crippen LogP contribution is -2.27. The van der Waals surface area contributed by atoms with Crippen LogP contribution in [-0.2, 0) is 15.9 Å². The highest BCUT2D eigenvalue weighted by Crippen LogP contribution is 2.28. The maximum Gasteiger partial charge on any atom is 0.264 e. The van der Waals surface area contributed by atoms with Crippen LogP contribution in [0.2, 0.25) is 5.02 Å². The molecule has 0 spiro atoms. The summed E-state index contributed by atoms with van der Waals surface area (Å²) in [6.07, 6.45) is 0. The first-order chi connectivity index (χ1) is 9.87. The van der Waals surface area contributed by atoms with Crippen LogP contribution in [0.15, 0.2) is 47.4 Å². The second kappa shape index (κ2) is 6.26. The second-order valence-corrected chi connectivity index (χ2v) is 7.29. The lowest BCUT2D eigenvalue weighted by Gasteiger charge is -2.21. The van der Waals surface area contributed by atoms with Crippen molar-refractivity contribution in [2.75, 3.05) is 11.4 Å². The standard InChI is InChI=1S/C15H15Cl2NO2S/c1-11-5-3-4-6-15(11)18(2)21(19,20)13-8-7-12(10-16)14(17)9-13/h3-9H,10H2,1-2H3. The molecule has 0 bridgehead atoms. The van der Waals surface area contributed by atoms with E-state index in [-0.39, 0.29) is 10.8 Å². The SMILES string of the molecule is Cc1ccccc1N(C)S(=O)(=O)c1ccc(CCl)c(Cl)c1. The highest BCUT2D eigenvalue weighted by molar-refractivity contribution is 7.92. The molecule has 0 aliphatic heterocycles. The number of hydrogen-bond acceptors (Lipinski definition) is 2. The maximum absolute atomic E-state index is 12.7. The van der Waals surface area contributed by atoms with Crippen LogP contribution in [0.5, 0.6) is 0 Å². The molecule has 21 heavy (non-hydrogen) atoms. The summed E-state index contributed by atoms with van der Waals surface area (Å²) in [4.78, 5) is 0.145. The van der Waals surface area contributed by atoms with Gasteiger partial charge in [-0.05, 0) is 36.2 Å². The van der Waals surface area contributed by atoms with Gasteiger partial charge in [-0.15, -0.1) is 11.6 Å². The van der Waals surface area contributed by atoms with E-state index in [9.17, 15) is 8.42 Å².